The number of morpholine rings is 1. The van der Waals surface area contributed by atoms with Gasteiger partial charge in [-0.1, -0.05) is 20.8 Å². The van der Waals surface area contributed by atoms with E-state index in [4.69, 9.17) is 9.72 Å². The Labute approximate surface area is 134 Å². The van der Waals surface area contributed by atoms with Crippen molar-refractivity contribution in [1.82, 2.24) is 9.97 Å². The highest BCUT2D eigenvalue weighted by Gasteiger charge is 2.34. The molecule has 21 heavy (non-hydrogen) atoms. The largest absolute Gasteiger partial charge is 0.394 e. The Morgan fingerprint density at radius 1 is 1.43 bits per heavy atom. The molecule has 6 heteroatoms. The quantitative estimate of drug-likeness (QED) is 0.824. The lowest BCUT2D eigenvalue weighted by Crippen LogP contribution is -2.54. The number of halogens is 1. The normalized spacial score (nSPS) is 22.4. The Hall–Kier alpha value is -0.720. The van der Waals surface area contributed by atoms with Crippen LogP contribution < -0.4 is 4.90 Å². The molecule has 0 aromatic carbocycles. The molecular formula is C15H24BrN3O2. The van der Waals surface area contributed by atoms with E-state index in [2.05, 4.69) is 46.6 Å². The van der Waals surface area contributed by atoms with Crippen LogP contribution in [-0.4, -0.2) is 46.5 Å². The van der Waals surface area contributed by atoms with E-state index >= 15 is 0 Å². The molecule has 0 bridgehead atoms. The Morgan fingerprint density at radius 3 is 2.67 bits per heavy atom. The molecular weight excluding hydrogens is 334 g/mol. The van der Waals surface area contributed by atoms with Crippen LogP contribution in [0.5, 0.6) is 0 Å². The van der Waals surface area contributed by atoms with Gasteiger partial charge in [-0.2, -0.15) is 0 Å². The number of hydrogen-bond donors (Lipinski definition) is 1. The molecule has 2 heterocycles. The zero-order valence-electron chi connectivity index (χ0n) is 13.4. The van der Waals surface area contributed by atoms with Crippen LogP contribution in [-0.2, 0) is 10.2 Å². The van der Waals surface area contributed by atoms with Crippen LogP contribution in [0.25, 0.3) is 0 Å². The van der Waals surface area contributed by atoms with Gasteiger partial charge in [0, 0.05) is 24.6 Å². The van der Waals surface area contributed by atoms with Crippen LogP contribution >= 0.6 is 15.9 Å². The van der Waals surface area contributed by atoms with Crippen LogP contribution in [0, 0.1) is 0 Å². The van der Waals surface area contributed by atoms with Gasteiger partial charge in [0.2, 0.25) is 0 Å². The topological polar surface area (TPSA) is 58.5 Å². The molecule has 1 atom stereocenters. The van der Waals surface area contributed by atoms with E-state index in [9.17, 15) is 5.11 Å². The number of ether oxygens (including phenoxy) is 1. The number of aromatic nitrogens is 2. The lowest BCUT2D eigenvalue weighted by molar-refractivity contribution is -0.101. The average Bonchev–Trinajstić information content (AvgIpc) is 2.35. The van der Waals surface area contributed by atoms with Gasteiger partial charge in [0.15, 0.2) is 0 Å². The zero-order valence-corrected chi connectivity index (χ0v) is 14.9. The van der Waals surface area contributed by atoms with E-state index in [0.29, 0.717) is 6.54 Å². The SMILES string of the molecule is CC1(C)CN(c2cc(Br)nc(C(C)(C)C)n2)CC(CO)O1. The summed E-state index contributed by atoms with van der Waals surface area (Å²) >= 11 is 3.47. The monoisotopic (exact) mass is 357 g/mol. The first-order valence-corrected chi connectivity index (χ1v) is 7.99. The minimum Gasteiger partial charge on any atom is -0.394 e. The molecule has 5 nitrogen and oxygen atoms in total. The number of nitrogens with zero attached hydrogens (tertiary/aromatic N) is 3. The lowest BCUT2D eigenvalue weighted by atomic mass is 9.96. The van der Waals surface area contributed by atoms with E-state index in [1.54, 1.807) is 0 Å². The molecule has 1 aromatic rings. The van der Waals surface area contributed by atoms with E-state index in [1.807, 2.05) is 19.9 Å². The standard InChI is InChI=1S/C15H24BrN3O2/c1-14(2,3)13-17-11(16)6-12(18-13)19-7-10(8-20)21-15(4,5)9-19/h6,10,20H,7-9H2,1-5H3. The molecule has 1 aromatic heterocycles. The van der Waals surface area contributed by atoms with Gasteiger partial charge in [-0.3, -0.25) is 0 Å². The lowest BCUT2D eigenvalue weighted by Gasteiger charge is -2.43. The third-order valence-corrected chi connectivity index (χ3v) is 3.77. The zero-order chi connectivity index (χ0) is 15.8. The van der Waals surface area contributed by atoms with Crippen molar-refractivity contribution in [3.63, 3.8) is 0 Å². The van der Waals surface area contributed by atoms with Crippen molar-refractivity contribution in [2.75, 3.05) is 24.6 Å². The van der Waals surface area contributed by atoms with E-state index in [0.717, 1.165) is 22.8 Å². The predicted octanol–water partition coefficient (Wildman–Crippen LogP) is 2.51. The highest BCUT2D eigenvalue weighted by molar-refractivity contribution is 9.10. The van der Waals surface area contributed by atoms with Gasteiger partial charge in [-0.05, 0) is 29.8 Å². The molecule has 0 saturated carbocycles. The average molecular weight is 358 g/mol. The molecule has 0 amide bonds. The van der Waals surface area contributed by atoms with Gasteiger partial charge >= 0.3 is 0 Å². The molecule has 1 aliphatic heterocycles. The minimum atomic E-state index is -0.315. The van der Waals surface area contributed by atoms with Crippen molar-refractivity contribution in [3.8, 4) is 0 Å². The smallest absolute Gasteiger partial charge is 0.137 e. The van der Waals surface area contributed by atoms with Gasteiger partial charge in [0.1, 0.15) is 16.2 Å². The summed E-state index contributed by atoms with van der Waals surface area (Å²) in [6, 6.07) is 1.92. The molecule has 0 spiro atoms. The van der Waals surface area contributed by atoms with Gasteiger partial charge < -0.3 is 14.7 Å². The molecule has 1 aliphatic rings. The Kier molecular flexibility index (Phi) is 4.61. The predicted molar refractivity (Wildman–Crippen MR) is 86.7 cm³/mol. The molecule has 1 saturated heterocycles. The summed E-state index contributed by atoms with van der Waals surface area (Å²) in [4.78, 5) is 11.3. The molecule has 0 aliphatic carbocycles. The van der Waals surface area contributed by atoms with Gasteiger partial charge in [0.05, 0.1) is 18.3 Å². The third kappa shape index (κ3) is 4.14. The summed E-state index contributed by atoms with van der Waals surface area (Å²) in [7, 11) is 0. The van der Waals surface area contributed by atoms with Crippen molar-refractivity contribution in [2.24, 2.45) is 0 Å². The molecule has 0 radical (unpaired) electrons. The fraction of sp³-hybridized carbons (Fsp3) is 0.733. The van der Waals surface area contributed by atoms with Crippen molar-refractivity contribution >= 4 is 21.7 Å². The summed E-state index contributed by atoms with van der Waals surface area (Å²) in [6.45, 7) is 11.7. The number of aliphatic hydroxyl groups is 1. The van der Waals surface area contributed by atoms with Crippen molar-refractivity contribution in [2.45, 2.75) is 51.7 Å². The van der Waals surface area contributed by atoms with Gasteiger partial charge in [-0.25, -0.2) is 9.97 Å². The third-order valence-electron chi connectivity index (χ3n) is 3.36. The maximum atomic E-state index is 9.43. The first kappa shape index (κ1) is 16.6. The Balaban J connectivity index is 2.34. The van der Waals surface area contributed by atoms with Gasteiger partial charge in [-0.15, -0.1) is 0 Å². The van der Waals surface area contributed by atoms with Crippen LogP contribution in [0.3, 0.4) is 0 Å². The summed E-state index contributed by atoms with van der Waals surface area (Å²) in [5.41, 5.74) is -0.429. The number of anilines is 1. The summed E-state index contributed by atoms with van der Waals surface area (Å²) in [5, 5.41) is 9.43. The van der Waals surface area contributed by atoms with Crippen molar-refractivity contribution < 1.29 is 9.84 Å². The fourth-order valence-electron chi connectivity index (χ4n) is 2.47. The minimum absolute atomic E-state index is 0.0122. The molecule has 1 fully saturated rings. The maximum Gasteiger partial charge on any atom is 0.137 e. The Bertz CT molecular complexity index is 514. The number of aliphatic hydroxyl groups excluding tert-OH is 1. The molecule has 1 unspecified atom stereocenters. The van der Waals surface area contributed by atoms with E-state index < -0.39 is 0 Å². The highest BCUT2D eigenvalue weighted by Crippen LogP contribution is 2.28. The summed E-state index contributed by atoms with van der Waals surface area (Å²) in [6.07, 6.45) is -0.194. The maximum absolute atomic E-state index is 9.43. The Morgan fingerprint density at radius 2 is 2.10 bits per heavy atom. The molecule has 118 valence electrons. The second kappa shape index (κ2) is 5.82. The summed E-state index contributed by atoms with van der Waals surface area (Å²) < 4.78 is 6.64. The second-order valence-corrected chi connectivity index (χ2v) is 8.00. The first-order chi connectivity index (χ1) is 9.60. The second-order valence-electron chi connectivity index (χ2n) is 7.19. The first-order valence-electron chi connectivity index (χ1n) is 7.19. The van der Waals surface area contributed by atoms with Crippen LogP contribution in [0.4, 0.5) is 5.82 Å². The number of hydrogen-bond acceptors (Lipinski definition) is 5. The van der Waals surface area contributed by atoms with Crippen molar-refractivity contribution in [1.29, 1.82) is 0 Å². The van der Waals surface area contributed by atoms with Crippen LogP contribution in [0.2, 0.25) is 0 Å². The van der Waals surface area contributed by atoms with E-state index in [-0.39, 0.29) is 23.7 Å². The van der Waals surface area contributed by atoms with Crippen LogP contribution in [0.1, 0.15) is 40.4 Å². The molecule has 1 N–H and O–H groups in total. The van der Waals surface area contributed by atoms with Gasteiger partial charge in [0.25, 0.3) is 0 Å². The van der Waals surface area contributed by atoms with Crippen molar-refractivity contribution in [3.05, 3.63) is 16.5 Å². The number of rotatable bonds is 2. The summed E-state index contributed by atoms with van der Waals surface area (Å²) in [5.74, 6) is 1.67. The molecule has 2 rings (SSSR count). The highest BCUT2D eigenvalue weighted by atomic mass is 79.9. The van der Waals surface area contributed by atoms with Crippen LogP contribution in [0.15, 0.2) is 10.7 Å². The van der Waals surface area contributed by atoms with E-state index in [1.165, 1.54) is 0 Å². The fourth-order valence-corrected chi connectivity index (χ4v) is 2.84.